The number of aromatic nitrogens is 1. The number of benzene rings is 2. The summed E-state index contributed by atoms with van der Waals surface area (Å²) in [5, 5.41) is 0. The maximum absolute atomic E-state index is 4.89. The monoisotopic (exact) mass is 575 g/mol. The Balaban J connectivity index is 0.00000320. The van der Waals surface area contributed by atoms with Gasteiger partial charge < -0.3 is 0 Å². The van der Waals surface area contributed by atoms with Crippen LogP contribution in [0.5, 0.6) is 0 Å². The van der Waals surface area contributed by atoms with Crippen molar-refractivity contribution in [3.05, 3.63) is 86.6 Å². The molecule has 1 heterocycles. The molecule has 32 heavy (non-hydrogen) atoms. The van der Waals surface area contributed by atoms with Crippen LogP contribution in [0.25, 0.3) is 0 Å². The Morgan fingerprint density at radius 2 is 1.19 bits per heavy atom. The van der Waals surface area contributed by atoms with Crippen LogP contribution < -0.4 is 0 Å². The van der Waals surface area contributed by atoms with Gasteiger partial charge in [-0.05, 0) is 92.4 Å². The van der Waals surface area contributed by atoms with E-state index in [0.29, 0.717) is 0 Å². The molecule has 3 nitrogen and oxygen atoms in total. The summed E-state index contributed by atoms with van der Waals surface area (Å²) >= 11 is 3.59. The number of aliphatic imine (C=N–C) groups is 2. The van der Waals surface area contributed by atoms with Gasteiger partial charge in [0.2, 0.25) is 0 Å². The minimum atomic E-state index is 0. The molecule has 172 valence electrons. The number of pyridine rings is 1. The summed E-state index contributed by atoms with van der Waals surface area (Å²) in [6.45, 7) is 12.4. The molecule has 0 atom stereocenters. The van der Waals surface area contributed by atoms with Crippen molar-refractivity contribution in [1.29, 1.82) is 0 Å². The molecular formula is C25H28BrCl2FeN3. The van der Waals surface area contributed by atoms with Crippen molar-refractivity contribution in [3.63, 3.8) is 0 Å². The average Bonchev–Trinajstić information content (AvgIpc) is 2.67. The van der Waals surface area contributed by atoms with E-state index in [0.717, 1.165) is 44.2 Å². The predicted octanol–water partition coefficient (Wildman–Crippen LogP) is 8.20. The Morgan fingerprint density at radius 3 is 1.69 bits per heavy atom. The zero-order valence-electron chi connectivity index (χ0n) is 19.0. The summed E-state index contributed by atoms with van der Waals surface area (Å²) < 4.78 is 0.982. The van der Waals surface area contributed by atoms with E-state index in [4.69, 9.17) is 15.0 Å². The number of aryl methyl sites for hydroxylation is 4. The molecule has 3 rings (SSSR count). The molecule has 0 radical (unpaired) electrons. The van der Waals surface area contributed by atoms with Crippen molar-refractivity contribution in [3.8, 4) is 0 Å². The molecule has 0 bridgehead atoms. The summed E-state index contributed by atoms with van der Waals surface area (Å²) in [4.78, 5) is 14.5. The van der Waals surface area contributed by atoms with Gasteiger partial charge in [-0.15, -0.1) is 24.8 Å². The largest absolute Gasteiger partial charge is 0.251 e. The van der Waals surface area contributed by atoms with Gasteiger partial charge in [0.25, 0.3) is 0 Å². The van der Waals surface area contributed by atoms with Gasteiger partial charge >= 0.3 is 0 Å². The van der Waals surface area contributed by atoms with Crippen LogP contribution in [0.3, 0.4) is 0 Å². The Hall–Kier alpha value is -1.49. The predicted molar refractivity (Wildman–Crippen MR) is 142 cm³/mol. The van der Waals surface area contributed by atoms with Gasteiger partial charge in [0.1, 0.15) is 0 Å². The van der Waals surface area contributed by atoms with Crippen LogP contribution >= 0.6 is 40.7 Å². The van der Waals surface area contributed by atoms with Crippen molar-refractivity contribution in [1.82, 2.24) is 4.98 Å². The number of nitrogens with zero attached hydrogens (tertiary/aromatic N) is 3. The topological polar surface area (TPSA) is 37.6 Å². The van der Waals surface area contributed by atoms with Gasteiger partial charge in [-0.25, -0.2) is 4.98 Å². The molecular weight excluding hydrogens is 549 g/mol. The second-order valence-corrected chi connectivity index (χ2v) is 8.31. The van der Waals surface area contributed by atoms with Crippen molar-refractivity contribution in [2.24, 2.45) is 9.98 Å². The fourth-order valence-electron chi connectivity index (χ4n) is 3.40. The fraction of sp³-hybridized carbons (Fsp3) is 0.240. The molecule has 0 saturated heterocycles. The van der Waals surface area contributed by atoms with Crippen LogP contribution in [0.15, 0.2) is 63.0 Å². The third kappa shape index (κ3) is 7.26. The summed E-state index contributed by atoms with van der Waals surface area (Å²) in [5.41, 5.74) is 10.2. The number of hydrogen-bond acceptors (Lipinski definition) is 3. The molecule has 0 unspecified atom stereocenters. The van der Waals surface area contributed by atoms with Crippen molar-refractivity contribution < 1.29 is 17.1 Å². The van der Waals surface area contributed by atoms with Crippen molar-refractivity contribution in [2.75, 3.05) is 0 Å². The third-order valence-corrected chi connectivity index (χ3v) is 5.51. The van der Waals surface area contributed by atoms with Crippen LogP contribution in [-0.2, 0) is 17.1 Å². The SMILES string of the molecule is CC(=Nc1c(C)cc(C)cc1C)c1cccc(C(C)=Nc2c(C)cccc2Br)n1.Cl.Cl.[Fe]. The van der Waals surface area contributed by atoms with E-state index in [-0.39, 0.29) is 41.9 Å². The van der Waals surface area contributed by atoms with Crippen LogP contribution in [0.4, 0.5) is 11.4 Å². The van der Waals surface area contributed by atoms with Crippen LogP contribution in [0.2, 0.25) is 0 Å². The second kappa shape index (κ2) is 13.3. The smallest absolute Gasteiger partial charge is 0.0849 e. The standard InChI is InChI=1S/C25H26BrN3.2ClH.Fe/c1-15-13-17(3)24(18(4)14-15)27-19(5)22-11-8-12-23(29-22)20(6)28-25-16(2)9-7-10-21(25)26;;;/h7-14H,1-6H3;2*1H;. The molecule has 2 aromatic carbocycles. The van der Waals surface area contributed by atoms with Gasteiger partial charge in [0, 0.05) is 21.5 Å². The van der Waals surface area contributed by atoms with Gasteiger partial charge in [-0.2, -0.15) is 0 Å². The number of rotatable bonds is 4. The van der Waals surface area contributed by atoms with Crippen LogP contribution in [0, 0.1) is 27.7 Å². The minimum absolute atomic E-state index is 0. The Kier molecular flexibility index (Phi) is 12.7. The van der Waals surface area contributed by atoms with E-state index in [1.165, 1.54) is 16.7 Å². The zero-order valence-corrected chi connectivity index (χ0v) is 23.3. The minimum Gasteiger partial charge on any atom is -0.251 e. The second-order valence-electron chi connectivity index (χ2n) is 7.46. The van der Waals surface area contributed by atoms with Crippen LogP contribution in [-0.4, -0.2) is 16.4 Å². The molecule has 0 aliphatic heterocycles. The first-order valence-electron chi connectivity index (χ1n) is 9.67. The molecule has 0 saturated carbocycles. The van der Waals surface area contributed by atoms with Gasteiger partial charge in [-0.1, -0.05) is 35.9 Å². The number of para-hydroxylation sites is 1. The molecule has 0 fully saturated rings. The average molecular weight is 577 g/mol. The first-order chi connectivity index (χ1) is 13.8. The molecule has 0 spiro atoms. The number of hydrogen-bond donors (Lipinski definition) is 0. The van der Waals surface area contributed by atoms with Gasteiger partial charge in [0.05, 0.1) is 34.2 Å². The summed E-state index contributed by atoms with van der Waals surface area (Å²) in [6, 6.07) is 16.4. The van der Waals surface area contributed by atoms with Gasteiger partial charge in [0.15, 0.2) is 0 Å². The van der Waals surface area contributed by atoms with Crippen LogP contribution in [0.1, 0.15) is 47.5 Å². The van der Waals surface area contributed by atoms with Crippen molar-refractivity contribution >= 4 is 63.5 Å². The molecule has 0 amide bonds. The summed E-state index contributed by atoms with van der Waals surface area (Å²) in [7, 11) is 0. The molecule has 1 aromatic heterocycles. The van der Waals surface area contributed by atoms with E-state index < -0.39 is 0 Å². The van der Waals surface area contributed by atoms with Gasteiger partial charge in [-0.3, -0.25) is 9.98 Å². The molecule has 3 aromatic rings. The summed E-state index contributed by atoms with van der Waals surface area (Å²) in [5.74, 6) is 0. The molecule has 7 heteroatoms. The van der Waals surface area contributed by atoms with E-state index in [1.807, 2.05) is 44.2 Å². The zero-order chi connectivity index (χ0) is 21.1. The first kappa shape index (κ1) is 30.5. The molecule has 0 aliphatic rings. The maximum atomic E-state index is 4.89. The molecule has 0 N–H and O–H groups in total. The quantitative estimate of drug-likeness (QED) is 0.228. The van der Waals surface area contributed by atoms with E-state index in [9.17, 15) is 0 Å². The third-order valence-electron chi connectivity index (χ3n) is 4.87. The fourth-order valence-corrected chi connectivity index (χ4v) is 3.96. The summed E-state index contributed by atoms with van der Waals surface area (Å²) in [6.07, 6.45) is 0. The Morgan fingerprint density at radius 1 is 0.719 bits per heavy atom. The van der Waals surface area contributed by atoms with E-state index in [1.54, 1.807) is 0 Å². The normalized spacial score (nSPS) is 11.2. The first-order valence-corrected chi connectivity index (χ1v) is 10.5. The Labute approximate surface area is 222 Å². The van der Waals surface area contributed by atoms with E-state index >= 15 is 0 Å². The number of halogens is 3. The maximum Gasteiger partial charge on any atom is 0.0849 e. The van der Waals surface area contributed by atoms with E-state index in [2.05, 4.69) is 61.8 Å². The Bertz CT molecular complexity index is 1100. The molecule has 0 aliphatic carbocycles. The van der Waals surface area contributed by atoms with Crippen molar-refractivity contribution in [2.45, 2.75) is 41.5 Å².